The zero-order chi connectivity index (χ0) is 24.5. The van der Waals surface area contributed by atoms with Crippen LogP contribution in [0.25, 0.3) is 10.8 Å². The van der Waals surface area contributed by atoms with Gasteiger partial charge in [0.15, 0.2) is 0 Å². The van der Waals surface area contributed by atoms with Crippen molar-refractivity contribution in [2.45, 2.75) is 31.8 Å². The molecule has 4 aromatic rings. The molecular formula is C27H24FN5O2. The number of nitrogens with zero attached hydrogens (tertiary/aromatic N) is 3. The van der Waals surface area contributed by atoms with E-state index in [1.54, 1.807) is 23.8 Å². The molecule has 7 nitrogen and oxygen atoms in total. The highest BCUT2D eigenvalue weighted by atomic mass is 19.1. The van der Waals surface area contributed by atoms with Crippen LogP contribution in [0.3, 0.4) is 0 Å². The predicted octanol–water partition coefficient (Wildman–Crippen LogP) is 4.43. The van der Waals surface area contributed by atoms with Crippen LogP contribution in [0.2, 0.25) is 0 Å². The first-order valence-electron chi connectivity index (χ1n) is 11.3. The Kier molecular flexibility index (Phi) is 5.83. The van der Waals surface area contributed by atoms with Crippen LogP contribution in [0.15, 0.2) is 59.7 Å². The Labute approximate surface area is 201 Å². The molecule has 1 atom stereocenters. The molecule has 2 aromatic carbocycles. The quantitative estimate of drug-likeness (QED) is 0.420. The molecule has 0 bridgehead atoms. The number of rotatable bonds is 5. The summed E-state index contributed by atoms with van der Waals surface area (Å²) < 4.78 is 21.4. The Balaban J connectivity index is 1.54. The summed E-state index contributed by atoms with van der Waals surface area (Å²) in [5.74, 6) is 7.04. The predicted molar refractivity (Wildman–Crippen MR) is 134 cm³/mol. The minimum Gasteiger partial charge on any atom is -0.497 e. The fraction of sp³-hybridized carbons (Fsp3) is 0.222. The highest BCUT2D eigenvalue weighted by Gasteiger charge is 2.30. The second kappa shape index (κ2) is 9.11. The molecule has 1 aliphatic rings. The molecule has 2 heterocycles. The first-order valence-corrected chi connectivity index (χ1v) is 11.3. The summed E-state index contributed by atoms with van der Waals surface area (Å²) in [6, 6.07) is 13.7. The van der Waals surface area contributed by atoms with Crippen molar-refractivity contribution in [2.24, 2.45) is 0 Å². The zero-order valence-corrected chi connectivity index (χ0v) is 19.4. The molecule has 5 rings (SSSR count). The average molecular weight is 470 g/mol. The first-order chi connectivity index (χ1) is 17.0. The summed E-state index contributed by atoms with van der Waals surface area (Å²) in [6.07, 6.45) is 3.14. The van der Waals surface area contributed by atoms with E-state index in [0.717, 1.165) is 24.1 Å². The summed E-state index contributed by atoms with van der Waals surface area (Å²) in [6.45, 7) is 1.93. The van der Waals surface area contributed by atoms with Gasteiger partial charge < -0.3 is 20.4 Å². The van der Waals surface area contributed by atoms with Crippen molar-refractivity contribution in [1.82, 2.24) is 14.5 Å². The van der Waals surface area contributed by atoms with Gasteiger partial charge in [0.25, 0.3) is 5.56 Å². The average Bonchev–Trinajstić information content (AvgIpc) is 3.69. The number of halogens is 1. The molecule has 35 heavy (non-hydrogen) atoms. The van der Waals surface area contributed by atoms with Gasteiger partial charge in [-0.2, -0.15) is 0 Å². The van der Waals surface area contributed by atoms with Gasteiger partial charge in [0.1, 0.15) is 35.1 Å². The molecular weight excluding hydrogens is 445 g/mol. The van der Waals surface area contributed by atoms with E-state index in [-0.39, 0.29) is 28.8 Å². The van der Waals surface area contributed by atoms with Crippen molar-refractivity contribution in [3.63, 3.8) is 0 Å². The highest BCUT2D eigenvalue weighted by Crippen LogP contribution is 2.37. The minimum atomic E-state index is -0.507. The number of nitrogen functional groups attached to an aromatic ring is 1. The molecule has 0 amide bonds. The maximum atomic E-state index is 14.5. The number of nitrogens with two attached hydrogens (primary N) is 1. The second-order valence-electron chi connectivity index (χ2n) is 8.51. The van der Waals surface area contributed by atoms with Gasteiger partial charge in [0.05, 0.1) is 18.5 Å². The van der Waals surface area contributed by atoms with Gasteiger partial charge in [0.2, 0.25) is 0 Å². The number of fused-ring (bicyclic) bond motifs is 1. The van der Waals surface area contributed by atoms with E-state index in [1.165, 1.54) is 12.4 Å². The van der Waals surface area contributed by atoms with E-state index in [1.807, 2.05) is 37.3 Å². The van der Waals surface area contributed by atoms with E-state index in [2.05, 4.69) is 27.1 Å². The largest absolute Gasteiger partial charge is 0.497 e. The van der Waals surface area contributed by atoms with Crippen molar-refractivity contribution < 1.29 is 9.13 Å². The van der Waals surface area contributed by atoms with Gasteiger partial charge in [-0.25, -0.2) is 14.4 Å². The minimum absolute atomic E-state index is 0.0635. The topological polar surface area (TPSA) is 95.1 Å². The molecule has 176 valence electrons. The van der Waals surface area contributed by atoms with Gasteiger partial charge in [-0.15, -0.1) is 0 Å². The van der Waals surface area contributed by atoms with E-state index >= 15 is 0 Å². The molecule has 1 saturated carbocycles. The first kappa shape index (κ1) is 22.4. The Morgan fingerprint density at radius 3 is 2.74 bits per heavy atom. The van der Waals surface area contributed by atoms with Crippen LogP contribution in [0.5, 0.6) is 5.75 Å². The van der Waals surface area contributed by atoms with Crippen molar-refractivity contribution in [3.05, 3.63) is 87.9 Å². The third-order valence-corrected chi connectivity index (χ3v) is 6.05. The second-order valence-corrected chi connectivity index (χ2v) is 8.51. The lowest BCUT2D eigenvalue weighted by atomic mass is 10.1. The van der Waals surface area contributed by atoms with Crippen molar-refractivity contribution in [1.29, 1.82) is 0 Å². The van der Waals surface area contributed by atoms with Crippen LogP contribution in [-0.2, 0) is 0 Å². The number of hydrogen-bond acceptors (Lipinski definition) is 6. The van der Waals surface area contributed by atoms with Crippen molar-refractivity contribution in [3.8, 4) is 17.6 Å². The molecule has 0 radical (unpaired) electrons. The van der Waals surface area contributed by atoms with Crippen LogP contribution in [-0.4, -0.2) is 21.6 Å². The smallest absolute Gasteiger partial charge is 0.261 e. The number of methoxy groups -OCH3 is 1. The molecule has 1 aliphatic carbocycles. The lowest BCUT2D eigenvalue weighted by Crippen LogP contribution is -2.27. The van der Waals surface area contributed by atoms with Gasteiger partial charge in [-0.1, -0.05) is 30.0 Å². The Hall–Kier alpha value is -4.38. The number of anilines is 2. The van der Waals surface area contributed by atoms with Crippen LogP contribution in [0.1, 0.15) is 48.7 Å². The number of nitrogens with one attached hydrogen (secondary N) is 1. The van der Waals surface area contributed by atoms with Gasteiger partial charge in [0, 0.05) is 17.3 Å². The SMILES string of the molecule is COc1cccc(C#Cc2c(N)ncnc2N[C@@H](C)c2cc3cccc(F)c3c(=O)n2C2CC2)c1. The van der Waals surface area contributed by atoms with Gasteiger partial charge in [-0.3, -0.25) is 4.79 Å². The van der Waals surface area contributed by atoms with Crippen LogP contribution in [0, 0.1) is 17.7 Å². The summed E-state index contributed by atoms with van der Waals surface area (Å²) >= 11 is 0. The number of pyridine rings is 1. The number of benzene rings is 2. The lowest BCUT2D eigenvalue weighted by Gasteiger charge is -2.22. The Bertz CT molecular complexity index is 1550. The molecule has 2 aromatic heterocycles. The third-order valence-electron chi connectivity index (χ3n) is 6.05. The normalized spacial score (nSPS) is 13.7. The van der Waals surface area contributed by atoms with Gasteiger partial charge >= 0.3 is 0 Å². The zero-order valence-electron chi connectivity index (χ0n) is 19.4. The summed E-state index contributed by atoms with van der Waals surface area (Å²) in [5, 5.41) is 4.03. The Morgan fingerprint density at radius 1 is 1.17 bits per heavy atom. The maximum Gasteiger partial charge on any atom is 0.261 e. The van der Waals surface area contributed by atoms with E-state index in [4.69, 9.17) is 10.5 Å². The van der Waals surface area contributed by atoms with Crippen LogP contribution in [0.4, 0.5) is 16.0 Å². The van der Waals surface area contributed by atoms with Crippen molar-refractivity contribution in [2.75, 3.05) is 18.2 Å². The standard InChI is InChI=1S/C27H24FN5O2/c1-16(23-14-18-6-4-8-22(28)24(18)27(34)33(23)19-10-11-19)32-26-21(25(29)30-15-31-26)12-9-17-5-3-7-20(13-17)35-2/h3-8,13-16,19H,10-11H2,1-2H3,(H3,29,30,31,32)/t16-/m0/s1. The van der Waals surface area contributed by atoms with E-state index < -0.39 is 5.82 Å². The molecule has 0 saturated heterocycles. The summed E-state index contributed by atoms with van der Waals surface area (Å²) in [4.78, 5) is 21.7. The third kappa shape index (κ3) is 4.41. The van der Waals surface area contributed by atoms with E-state index in [9.17, 15) is 9.18 Å². The molecule has 0 spiro atoms. The fourth-order valence-corrected chi connectivity index (χ4v) is 4.14. The maximum absolute atomic E-state index is 14.5. The van der Waals surface area contributed by atoms with Gasteiger partial charge in [-0.05, 0) is 55.5 Å². The van der Waals surface area contributed by atoms with E-state index in [0.29, 0.717) is 22.5 Å². The molecule has 1 fully saturated rings. The Morgan fingerprint density at radius 2 is 1.97 bits per heavy atom. The van der Waals surface area contributed by atoms with Crippen LogP contribution < -0.4 is 21.3 Å². The number of ether oxygens (including phenoxy) is 1. The molecule has 8 heteroatoms. The number of hydrogen-bond donors (Lipinski definition) is 2. The lowest BCUT2D eigenvalue weighted by molar-refractivity contribution is 0.414. The molecule has 0 unspecified atom stereocenters. The highest BCUT2D eigenvalue weighted by molar-refractivity contribution is 5.83. The fourth-order valence-electron chi connectivity index (χ4n) is 4.14. The molecule has 3 N–H and O–H groups in total. The molecule has 0 aliphatic heterocycles. The summed E-state index contributed by atoms with van der Waals surface area (Å²) in [7, 11) is 1.60. The number of aromatic nitrogens is 3. The summed E-state index contributed by atoms with van der Waals surface area (Å²) in [5.41, 5.74) is 7.79. The van der Waals surface area contributed by atoms with Crippen molar-refractivity contribution >= 4 is 22.4 Å². The van der Waals surface area contributed by atoms with Crippen LogP contribution >= 0.6 is 0 Å². The monoisotopic (exact) mass is 469 g/mol.